The van der Waals surface area contributed by atoms with E-state index in [9.17, 15) is 18.0 Å². The van der Waals surface area contributed by atoms with Crippen molar-refractivity contribution in [2.45, 2.75) is 17.4 Å². The molecule has 0 spiro atoms. The minimum Gasteiger partial charge on any atom is -0.493 e. The smallest absolute Gasteiger partial charge is 0.417 e. The third-order valence-corrected chi connectivity index (χ3v) is 6.15. The summed E-state index contributed by atoms with van der Waals surface area (Å²) >= 11 is 0. The van der Waals surface area contributed by atoms with E-state index >= 15 is 0 Å². The molecule has 2 aromatic rings. The lowest BCUT2D eigenvalue weighted by Crippen LogP contribution is -2.40. The summed E-state index contributed by atoms with van der Waals surface area (Å²) in [5, 5.41) is 0. The van der Waals surface area contributed by atoms with Crippen LogP contribution in [0.1, 0.15) is 17.2 Å². The Balaban J connectivity index is 1.63. The van der Waals surface area contributed by atoms with Crippen LogP contribution in [0.25, 0.3) is 0 Å². The Labute approximate surface area is 162 Å². The van der Waals surface area contributed by atoms with Crippen molar-refractivity contribution in [1.29, 1.82) is 0 Å². The van der Waals surface area contributed by atoms with Gasteiger partial charge in [-0.1, -0.05) is 30.3 Å². The molecule has 9 heteroatoms. The van der Waals surface area contributed by atoms with Crippen molar-refractivity contribution < 1.29 is 27.5 Å². The van der Waals surface area contributed by atoms with Gasteiger partial charge >= 0.3 is 6.09 Å². The predicted octanol–water partition coefficient (Wildman–Crippen LogP) is 1.62. The number of cyclic esters (lactones) is 1. The van der Waals surface area contributed by atoms with Gasteiger partial charge in [0.25, 0.3) is 5.91 Å². The molecular formula is C19H18N2O6S. The lowest BCUT2D eigenvalue weighted by atomic mass is 10.1. The number of imide groups is 1. The van der Waals surface area contributed by atoms with E-state index in [1.54, 1.807) is 42.5 Å². The highest BCUT2D eigenvalue weighted by atomic mass is 32.2. The first-order valence-corrected chi connectivity index (χ1v) is 10.2. The molecule has 0 radical (unpaired) electrons. The number of ether oxygens (including phenoxy) is 2. The number of nitrogens with zero attached hydrogens (tertiary/aromatic N) is 1. The van der Waals surface area contributed by atoms with Crippen LogP contribution in [0.15, 0.2) is 53.4 Å². The maximum atomic E-state index is 13.0. The van der Waals surface area contributed by atoms with Crippen LogP contribution < -0.4 is 9.46 Å². The Bertz CT molecular complexity index is 1010. The molecule has 2 aliphatic heterocycles. The molecule has 0 bridgehead atoms. The van der Waals surface area contributed by atoms with Gasteiger partial charge < -0.3 is 9.47 Å². The van der Waals surface area contributed by atoms with Gasteiger partial charge in [-0.3, -0.25) is 4.79 Å². The number of hydrogen-bond acceptors (Lipinski definition) is 6. The van der Waals surface area contributed by atoms with Crippen molar-refractivity contribution in [3.63, 3.8) is 0 Å². The largest absolute Gasteiger partial charge is 0.493 e. The second kappa shape index (κ2) is 7.25. The first kappa shape index (κ1) is 18.5. The molecule has 146 valence electrons. The third kappa shape index (κ3) is 3.58. The Kier molecular flexibility index (Phi) is 4.78. The minimum absolute atomic E-state index is 0.105. The number of sulfonamides is 1. The molecule has 4 rings (SSSR count). The normalized spacial score (nSPS) is 17.2. The SMILES string of the molecule is O=C1COC(=O)N1C[C@H](NS(=O)(=O)c1ccc2c(c1)CCO2)c1ccccc1. The van der Waals surface area contributed by atoms with E-state index in [-0.39, 0.29) is 18.0 Å². The van der Waals surface area contributed by atoms with Crippen LogP contribution in [0.2, 0.25) is 0 Å². The monoisotopic (exact) mass is 402 g/mol. The van der Waals surface area contributed by atoms with Gasteiger partial charge in [0.2, 0.25) is 10.0 Å². The maximum Gasteiger partial charge on any atom is 0.417 e. The summed E-state index contributed by atoms with van der Waals surface area (Å²) < 4.78 is 38.7. The van der Waals surface area contributed by atoms with E-state index in [1.165, 1.54) is 6.07 Å². The first-order valence-electron chi connectivity index (χ1n) is 8.74. The van der Waals surface area contributed by atoms with Crippen molar-refractivity contribution in [2.24, 2.45) is 0 Å². The predicted molar refractivity (Wildman–Crippen MR) is 98.2 cm³/mol. The molecule has 1 atom stereocenters. The zero-order valence-corrected chi connectivity index (χ0v) is 15.6. The molecule has 1 saturated heterocycles. The van der Waals surface area contributed by atoms with Crippen molar-refractivity contribution in [3.8, 4) is 5.75 Å². The molecule has 2 aromatic carbocycles. The molecule has 28 heavy (non-hydrogen) atoms. The van der Waals surface area contributed by atoms with Gasteiger partial charge in [-0.25, -0.2) is 22.8 Å². The van der Waals surface area contributed by atoms with E-state index < -0.39 is 28.1 Å². The first-order chi connectivity index (χ1) is 13.4. The van der Waals surface area contributed by atoms with Gasteiger partial charge in [0.15, 0.2) is 6.61 Å². The Morgan fingerprint density at radius 2 is 1.86 bits per heavy atom. The van der Waals surface area contributed by atoms with Crippen LogP contribution in [0.5, 0.6) is 5.75 Å². The summed E-state index contributed by atoms with van der Waals surface area (Å²) in [5.41, 5.74) is 1.46. The molecule has 1 fully saturated rings. The Morgan fingerprint density at radius 3 is 2.57 bits per heavy atom. The van der Waals surface area contributed by atoms with Crippen LogP contribution in [0.3, 0.4) is 0 Å². The number of fused-ring (bicyclic) bond motifs is 1. The van der Waals surface area contributed by atoms with Crippen molar-refractivity contribution in [1.82, 2.24) is 9.62 Å². The van der Waals surface area contributed by atoms with Gasteiger partial charge in [-0.05, 0) is 29.3 Å². The van der Waals surface area contributed by atoms with E-state index in [0.717, 1.165) is 10.5 Å². The molecule has 0 aromatic heterocycles. The second-order valence-electron chi connectivity index (χ2n) is 6.51. The Hall–Kier alpha value is -2.91. The number of amides is 2. The fourth-order valence-electron chi connectivity index (χ4n) is 3.22. The van der Waals surface area contributed by atoms with Gasteiger partial charge in [0, 0.05) is 6.42 Å². The summed E-state index contributed by atoms with van der Waals surface area (Å²) in [6, 6.07) is 12.7. The molecule has 2 amide bonds. The fraction of sp³-hybridized carbons (Fsp3) is 0.263. The average molecular weight is 402 g/mol. The van der Waals surface area contributed by atoms with Crippen LogP contribution >= 0.6 is 0 Å². The number of nitrogens with one attached hydrogen (secondary N) is 1. The van der Waals surface area contributed by atoms with Crippen molar-refractivity contribution in [2.75, 3.05) is 19.8 Å². The maximum absolute atomic E-state index is 13.0. The van der Waals surface area contributed by atoms with Gasteiger partial charge in [-0.2, -0.15) is 0 Å². The number of rotatable bonds is 6. The van der Waals surface area contributed by atoms with Crippen LogP contribution in [-0.4, -0.2) is 45.1 Å². The van der Waals surface area contributed by atoms with Gasteiger partial charge in [0.1, 0.15) is 5.75 Å². The lowest BCUT2D eigenvalue weighted by molar-refractivity contribution is -0.126. The van der Waals surface area contributed by atoms with Gasteiger partial charge in [0.05, 0.1) is 24.1 Å². The molecule has 1 N–H and O–H groups in total. The molecule has 0 saturated carbocycles. The molecule has 0 aliphatic carbocycles. The third-order valence-electron chi connectivity index (χ3n) is 4.68. The second-order valence-corrected chi connectivity index (χ2v) is 8.23. The van der Waals surface area contributed by atoms with Crippen LogP contribution in [0.4, 0.5) is 4.79 Å². The number of carbonyl (C=O) groups is 2. The molecular weight excluding hydrogens is 384 g/mol. The lowest BCUT2D eigenvalue weighted by Gasteiger charge is -2.22. The van der Waals surface area contributed by atoms with Gasteiger partial charge in [-0.15, -0.1) is 0 Å². The quantitative estimate of drug-likeness (QED) is 0.788. The summed E-state index contributed by atoms with van der Waals surface area (Å²) in [5.74, 6) is 0.184. The van der Waals surface area contributed by atoms with Crippen molar-refractivity contribution >= 4 is 22.0 Å². The number of hydrogen-bond donors (Lipinski definition) is 1. The minimum atomic E-state index is -3.90. The van der Waals surface area contributed by atoms with E-state index in [1.807, 2.05) is 0 Å². The van der Waals surface area contributed by atoms with E-state index in [4.69, 9.17) is 9.47 Å². The van der Waals surface area contributed by atoms with E-state index in [0.29, 0.717) is 24.3 Å². The van der Waals surface area contributed by atoms with E-state index in [2.05, 4.69) is 4.72 Å². The average Bonchev–Trinajstić information content (AvgIpc) is 3.29. The summed E-state index contributed by atoms with van der Waals surface area (Å²) in [6.45, 7) is 0.0327. The standard InChI is InChI=1S/C19H18N2O6S/c22-18-12-27-19(23)21(18)11-16(13-4-2-1-3-5-13)20-28(24,25)15-6-7-17-14(10-15)8-9-26-17/h1-7,10,16,20H,8-9,11-12H2/t16-/m0/s1. The molecule has 0 unspecified atom stereocenters. The van der Waals surface area contributed by atoms with Crippen LogP contribution in [-0.2, 0) is 26.0 Å². The zero-order valence-electron chi connectivity index (χ0n) is 14.8. The topological polar surface area (TPSA) is 102 Å². The number of carbonyl (C=O) groups excluding carboxylic acids is 2. The summed E-state index contributed by atoms with van der Waals surface area (Å²) in [4.78, 5) is 24.7. The highest BCUT2D eigenvalue weighted by Gasteiger charge is 2.35. The highest BCUT2D eigenvalue weighted by Crippen LogP contribution is 2.28. The Morgan fingerprint density at radius 1 is 1.07 bits per heavy atom. The number of benzene rings is 2. The molecule has 2 heterocycles. The molecule has 8 nitrogen and oxygen atoms in total. The fourth-order valence-corrected chi connectivity index (χ4v) is 4.49. The summed E-state index contributed by atoms with van der Waals surface area (Å²) in [6.07, 6.45) is -0.130. The zero-order chi connectivity index (χ0) is 19.7. The van der Waals surface area contributed by atoms with Crippen LogP contribution in [0, 0.1) is 0 Å². The molecule has 2 aliphatic rings. The summed E-state index contributed by atoms with van der Waals surface area (Å²) in [7, 11) is -3.90. The highest BCUT2D eigenvalue weighted by molar-refractivity contribution is 7.89. The van der Waals surface area contributed by atoms with Crippen molar-refractivity contribution in [3.05, 3.63) is 59.7 Å².